The fourth-order valence-corrected chi connectivity index (χ4v) is 1.12. The molecule has 0 atom stereocenters. The average molecular weight is 172 g/mol. The fourth-order valence-electron chi connectivity index (χ4n) is 1.12. The number of hydrogen-bond donors (Lipinski definition) is 0. The summed E-state index contributed by atoms with van der Waals surface area (Å²) in [6, 6.07) is 8.66. The van der Waals surface area contributed by atoms with E-state index in [0.717, 1.165) is 6.42 Å². The largest absolute Gasteiger partial charge is 0.0877 e. The molecule has 1 aromatic carbocycles. The van der Waals surface area contributed by atoms with Gasteiger partial charge in [-0.15, -0.1) is 0 Å². The number of rotatable bonds is 3. The second-order valence-corrected chi connectivity index (χ2v) is 3.14. The number of allylic oxidation sites excluding steroid dienone is 4. The van der Waals surface area contributed by atoms with Crippen molar-refractivity contribution in [3.05, 3.63) is 59.7 Å². The van der Waals surface area contributed by atoms with Crippen LogP contribution in [0.5, 0.6) is 0 Å². The third-order valence-corrected chi connectivity index (χ3v) is 1.91. The minimum Gasteiger partial charge on any atom is -0.0877 e. The van der Waals surface area contributed by atoms with Gasteiger partial charge >= 0.3 is 0 Å². The minimum absolute atomic E-state index is 1.02. The predicted molar refractivity (Wildman–Crippen MR) is 58.8 cm³/mol. The van der Waals surface area contributed by atoms with E-state index >= 15 is 0 Å². The zero-order chi connectivity index (χ0) is 9.52. The quantitative estimate of drug-likeness (QED) is 0.610. The molecule has 0 heteroatoms. The third-order valence-electron chi connectivity index (χ3n) is 1.91. The van der Waals surface area contributed by atoms with Crippen LogP contribution in [0.2, 0.25) is 0 Å². The maximum absolute atomic E-state index is 2.18. The first-order chi connectivity index (χ1) is 6.33. The summed E-state index contributed by atoms with van der Waals surface area (Å²) in [6.07, 6.45) is 9.36. The third kappa shape index (κ3) is 3.75. The van der Waals surface area contributed by atoms with Crippen molar-refractivity contribution < 1.29 is 0 Å². The highest BCUT2D eigenvalue weighted by Gasteiger charge is 1.87. The van der Waals surface area contributed by atoms with Crippen LogP contribution < -0.4 is 0 Å². The Hall–Kier alpha value is -1.30. The van der Waals surface area contributed by atoms with Gasteiger partial charge in [0.2, 0.25) is 0 Å². The molecule has 13 heavy (non-hydrogen) atoms. The average Bonchev–Trinajstić information content (AvgIpc) is 2.15. The molecule has 0 bridgehead atoms. The highest BCUT2D eigenvalue weighted by atomic mass is 13.9. The van der Waals surface area contributed by atoms with Gasteiger partial charge in [0, 0.05) is 0 Å². The second-order valence-electron chi connectivity index (χ2n) is 3.14. The van der Waals surface area contributed by atoms with Gasteiger partial charge in [0.1, 0.15) is 0 Å². The van der Waals surface area contributed by atoms with Crippen LogP contribution in [0, 0.1) is 6.92 Å². The summed E-state index contributed by atoms with van der Waals surface area (Å²) in [7, 11) is 0. The minimum atomic E-state index is 1.02. The SMILES string of the molecule is C/C=C\C=C/Cc1ccc(C)cc1. The van der Waals surface area contributed by atoms with Gasteiger partial charge in [-0.3, -0.25) is 0 Å². The lowest BCUT2D eigenvalue weighted by atomic mass is 10.1. The van der Waals surface area contributed by atoms with Crippen molar-refractivity contribution in [1.82, 2.24) is 0 Å². The van der Waals surface area contributed by atoms with Crippen molar-refractivity contribution in [2.75, 3.05) is 0 Å². The summed E-state index contributed by atoms with van der Waals surface area (Å²) in [5.41, 5.74) is 2.69. The first kappa shape index (κ1) is 9.79. The summed E-state index contributed by atoms with van der Waals surface area (Å²) in [6.45, 7) is 4.13. The molecule has 0 aliphatic heterocycles. The summed E-state index contributed by atoms with van der Waals surface area (Å²) in [4.78, 5) is 0. The van der Waals surface area contributed by atoms with E-state index < -0.39 is 0 Å². The van der Waals surface area contributed by atoms with Crippen molar-refractivity contribution in [3.8, 4) is 0 Å². The van der Waals surface area contributed by atoms with Crippen molar-refractivity contribution in [2.24, 2.45) is 0 Å². The smallest absolute Gasteiger partial charge is 0.00943 e. The van der Waals surface area contributed by atoms with E-state index in [1.54, 1.807) is 0 Å². The zero-order valence-electron chi connectivity index (χ0n) is 8.33. The van der Waals surface area contributed by atoms with E-state index in [4.69, 9.17) is 0 Å². The van der Waals surface area contributed by atoms with Gasteiger partial charge < -0.3 is 0 Å². The Labute approximate surface area is 80.6 Å². The fraction of sp³-hybridized carbons (Fsp3) is 0.231. The van der Waals surface area contributed by atoms with E-state index in [-0.39, 0.29) is 0 Å². The van der Waals surface area contributed by atoms with Gasteiger partial charge in [-0.25, -0.2) is 0 Å². The molecule has 0 aromatic heterocycles. The Kier molecular flexibility index (Phi) is 4.04. The topological polar surface area (TPSA) is 0 Å². The molecule has 1 rings (SSSR count). The molecule has 0 aliphatic rings. The lowest BCUT2D eigenvalue weighted by Crippen LogP contribution is -1.80. The van der Waals surface area contributed by atoms with Gasteiger partial charge in [-0.1, -0.05) is 54.1 Å². The normalized spacial score (nSPS) is 11.5. The van der Waals surface area contributed by atoms with Crippen molar-refractivity contribution in [2.45, 2.75) is 20.3 Å². The Morgan fingerprint density at radius 1 is 1.08 bits per heavy atom. The summed E-state index contributed by atoms with van der Waals surface area (Å²) >= 11 is 0. The van der Waals surface area contributed by atoms with Gasteiger partial charge in [-0.05, 0) is 25.8 Å². The first-order valence-electron chi connectivity index (χ1n) is 4.66. The maximum Gasteiger partial charge on any atom is -0.00943 e. The molecule has 1 aromatic rings. The summed E-state index contributed by atoms with van der Waals surface area (Å²) < 4.78 is 0. The van der Waals surface area contributed by atoms with Crippen LogP contribution in [0.1, 0.15) is 18.1 Å². The van der Waals surface area contributed by atoms with Crippen molar-refractivity contribution in [3.63, 3.8) is 0 Å². The highest BCUT2D eigenvalue weighted by molar-refractivity contribution is 5.23. The molecule has 0 radical (unpaired) electrons. The predicted octanol–water partition coefficient (Wildman–Crippen LogP) is 3.67. The molecule has 0 fully saturated rings. The Morgan fingerprint density at radius 3 is 2.38 bits per heavy atom. The standard InChI is InChI=1S/C13H16/c1-3-4-5-6-7-13-10-8-12(2)9-11-13/h3-6,8-11H,7H2,1-2H3/b4-3-,6-5-. The van der Waals surface area contributed by atoms with Crippen LogP contribution in [0.3, 0.4) is 0 Å². The molecular formula is C13H16. The van der Waals surface area contributed by atoms with E-state index in [0.29, 0.717) is 0 Å². The summed E-state index contributed by atoms with van der Waals surface area (Å²) in [5, 5.41) is 0. The molecule has 0 saturated heterocycles. The van der Waals surface area contributed by atoms with Crippen LogP contribution in [-0.2, 0) is 6.42 Å². The van der Waals surface area contributed by atoms with Crippen LogP contribution in [0.25, 0.3) is 0 Å². The number of benzene rings is 1. The summed E-state index contributed by atoms with van der Waals surface area (Å²) in [5.74, 6) is 0. The highest BCUT2D eigenvalue weighted by Crippen LogP contribution is 2.04. The Balaban J connectivity index is 2.50. The Bertz CT molecular complexity index is 288. The van der Waals surface area contributed by atoms with Crippen LogP contribution in [0.4, 0.5) is 0 Å². The lowest BCUT2D eigenvalue weighted by molar-refractivity contribution is 1.26. The van der Waals surface area contributed by atoms with Crippen molar-refractivity contribution >= 4 is 0 Å². The molecule has 0 unspecified atom stereocenters. The number of hydrogen-bond acceptors (Lipinski definition) is 0. The molecule has 0 heterocycles. The van der Waals surface area contributed by atoms with Gasteiger partial charge in [0.05, 0.1) is 0 Å². The van der Waals surface area contributed by atoms with Crippen LogP contribution in [-0.4, -0.2) is 0 Å². The number of aryl methyl sites for hydroxylation is 1. The molecule has 0 aliphatic carbocycles. The van der Waals surface area contributed by atoms with E-state index in [1.807, 2.05) is 19.1 Å². The monoisotopic (exact) mass is 172 g/mol. The molecule has 0 nitrogen and oxygen atoms in total. The molecular weight excluding hydrogens is 156 g/mol. The van der Waals surface area contributed by atoms with Gasteiger partial charge in [-0.2, -0.15) is 0 Å². The van der Waals surface area contributed by atoms with E-state index in [1.165, 1.54) is 11.1 Å². The molecule has 68 valence electrons. The van der Waals surface area contributed by atoms with Gasteiger partial charge in [0.25, 0.3) is 0 Å². The molecule has 0 saturated carbocycles. The lowest BCUT2D eigenvalue weighted by Gasteiger charge is -1.96. The molecule has 0 N–H and O–H groups in total. The van der Waals surface area contributed by atoms with E-state index in [2.05, 4.69) is 43.3 Å². The van der Waals surface area contributed by atoms with Gasteiger partial charge in [0.15, 0.2) is 0 Å². The Morgan fingerprint density at radius 2 is 1.77 bits per heavy atom. The molecule has 0 spiro atoms. The zero-order valence-corrected chi connectivity index (χ0v) is 8.33. The first-order valence-corrected chi connectivity index (χ1v) is 4.66. The second kappa shape index (κ2) is 5.36. The maximum atomic E-state index is 2.18. The van der Waals surface area contributed by atoms with Crippen LogP contribution in [0.15, 0.2) is 48.6 Å². The van der Waals surface area contributed by atoms with Crippen molar-refractivity contribution in [1.29, 1.82) is 0 Å². The van der Waals surface area contributed by atoms with Crippen LogP contribution >= 0.6 is 0 Å². The molecule has 0 amide bonds. The van der Waals surface area contributed by atoms with E-state index in [9.17, 15) is 0 Å².